The van der Waals surface area contributed by atoms with Gasteiger partial charge in [0.15, 0.2) is 5.84 Å². The molecule has 1 heterocycles. The molecule has 1 aliphatic heterocycles. The zero-order valence-electron chi connectivity index (χ0n) is 10.2. The average molecular weight is 250 g/mol. The molecule has 1 aromatic rings. The number of nitrogens with zero attached hydrogens (tertiary/aromatic N) is 1. The molecule has 0 bridgehead atoms. The van der Waals surface area contributed by atoms with Gasteiger partial charge in [-0.05, 0) is 18.4 Å². The van der Waals surface area contributed by atoms with E-state index >= 15 is 0 Å². The first kappa shape index (κ1) is 12.9. The van der Waals surface area contributed by atoms with E-state index in [0.717, 1.165) is 31.6 Å². The van der Waals surface area contributed by atoms with Gasteiger partial charge in [0.2, 0.25) is 0 Å². The topological polar surface area (TPSA) is 77.1 Å². The Bertz CT molecular complexity index is 414. The Hall–Kier alpha value is -1.59. The van der Waals surface area contributed by atoms with Crippen molar-refractivity contribution in [1.82, 2.24) is 0 Å². The Morgan fingerprint density at radius 2 is 2.11 bits per heavy atom. The second-order valence-electron chi connectivity index (χ2n) is 4.27. The van der Waals surface area contributed by atoms with Gasteiger partial charge in [-0.3, -0.25) is 0 Å². The number of amidine groups is 1. The highest BCUT2D eigenvalue weighted by Crippen LogP contribution is 2.15. The highest BCUT2D eigenvalue weighted by Gasteiger charge is 2.15. The van der Waals surface area contributed by atoms with Gasteiger partial charge in [0.1, 0.15) is 0 Å². The number of hydrogen-bond donors (Lipinski definition) is 2. The number of oxime groups is 1. The summed E-state index contributed by atoms with van der Waals surface area (Å²) in [4.78, 5) is 0. The molecule has 0 radical (unpaired) electrons. The lowest BCUT2D eigenvalue weighted by molar-refractivity contribution is -0.0391. The molecule has 5 nitrogen and oxygen atoms in total. The molecule has 1 fully saturated rings. The van der Waals surface area contributed by atoms with Crippen LogP contribution in [0.1, 0.15) is 24.0 Å². The van der Waals surface area contributed by atoms with Gasteiger partial charge < -0.3 is 20.4 Å². The molecular formula is C13H18N2O3. The van der Waals surface area contributed by atoms with Crippen LogP contribution in [0.3, 0.4) is 0 Å². The number of rotatable bonds is 4. The van der Waals surface area contributed by atoms with Crippen LogP contribution in [0.4, 0.5) is 0 Å². The quantitative estimate of drug-likeness (QED) is 0.367. The third-order valence-corrected chi connectivity index (χ3v) is 3.04. The van der Waals surface area contributed by atoms with Crippen LogP contribution in [0, 0.1) is 0 Å². The third kappa shape index (κ3) is 3.21. The molecule has 0 saturated carbocycles. The first-order valence-electron chi connectivity index (χ1n) is 6.06. The molecule has 0 atom stereocenters. The standard InChI is InChI=1S/C13H18N2O3/c14-13(15-16)12-4-2-1-3-10(12)9-18-11-5-7-17-8-6-11/h1-4,11,16H,5-9H2,(H2,14,15). The molecule has 0 aliphatic carbocycles. The highest BCUT2D eigenvalue weighted by molar-refractivity contribution is 5.98. The molecule has 1 saturated heterocycles. The van der Waals surface area contributed by atoms with Gasteiger partial charge in [0.05, 0.1) is 12.7 Å². The maximum absolute atomic E-state index is 8.74. The summed E-state index contributed by atoms with van der Waals surface area (Å²) in [6.45, 7) is 1.98. The van der Waals surface area contributed by atoms with Gasteiger partial charge in [-0.15, -0.1) is 0 Å². The monoisotopic (exact) mass is 250 g/mol. The van der Waals surface area contributed by atoms with E-state index in [1.54, 1.807) is 0 Å². The summed E-state index contributed by atoms with van der Waals surface area (Å²) in [5.74, 6) is 0.112. The van der Waals surface area contributed by atoms with Crippen molar-refractivity contribution in [3.05, 3.63) is 35.4 Å². The zero-order chi connectivity index (χ0) is 12.8. The lowest BCUT2D eigenvalue weighted by atomic mass is 10.1. The van der Waals surface area contributed by atoms with Gasteiger partial charge in [0, 0.05) is 18.8 Å². The van der Waals surface area contributed by atoms with Gasteiger partial charge in [-0.25, -0.2) is 0 Å². The van der Waals surface area contributed by atoms with Crippen LogP contribution in [-0.4, -0.2) is 30.4 Å². The Morgan fingerprint density at radius 1 is 1.39 bits per heavy atom. The normalized spacial score (nSPS) is 17.9. The summed E-state index contributed by atoms with van der Waals surface area (Å²) in [5, 5.41) is 11.8. The minimum Gasteiger partial charge on any atom is -0.409 e. The summed E-state index contributed by atoms with van der Waals surface area (Å²) in [6.07, 6.45) is 2.08. The summed E-state index contributed by atoms with van der Waals surface area (Å²) in [6, 6.07) is 7.51. The van der Waals surface area contributed by atoms with Crippen LogP contribution in [-0.2, 0) is 16.1 Å². The molecule has 18 heavy (non-hydrogen) atoms. The fraction of sp³-hybridized carbons (Fsp3) is 0.462. The number of ether oxygens (including phenoxy) is 2. The Kier molecular flexibility index (Phi) is 4.55. The van der Waals surface area contributed by atoms with Gasteiger partial charge in [-0.2, -0.15) is 0 Å². The van der Waals surface area contributed by atoms with Crippen LogP contribution in [0.15, 0.2) is 29.4 Å². The summed E-state index contributed by atoms with van der Waals surface area (Å²) >= 11 is 0. The van der Waals surface area contributed by atoms with Crippen molar-refractivity contribution < 1.29 is 14.7 Å². The maximum Gasteiger partial charge on any atom is 0.170 e. The Balaban J connectivity index is 2.00. The second-order valence-corrected chi connectivity index (χ2v) is 4.27. The molecule has 98 valence electrons. The first-order valence-corrected chi connectivity index (χ1v) is 6.06. The summed E-state index contributed by atoms with van der Waals surface area (Å²) in [5.41, 5.74) is 7.27. The van der Waals surface area contributed by atoms with Crippen molar-refractivity contribution in [2.45, 2.75) is 25.6 Å². The molecule has 1 aliphatic rings. The smallest absolute Gasteiger partial charge is 0.170 e. The van der Waals surface area contributed by atoms with Crippen molar-refractivity contribution in [2.24, 2.45) is 10.9 Å². The fourth-order valence-electron chi connectivity index (χ4n) is 2.00. The van der Waals surface area contributed by atoms with Crippen molar-refractivity contribution in [2.75, 3.05) is 13.2 Å². The zero-order valence-corrected chi connectivity index (χ0v) is 10.2. The number of hydrogen-bond acceptors (Lipinski definition) is 4. The van der Waals surface area contributed by atoms with E-state index in [0.29, 0.717) is 12.2 Å². The van der Waals surface area contributed by atoms with Crippen molar-refractivity contribution in [1.29, 1.82) is 0 Å². The third-order valence-electron chi connectivity index (χ3n) is 3.04. The van der Waals surface area contributed by atoms with Crippen LogP contribution >= 0.6 is 0 Å². The largest absolute Gasteiger partial charge is 0.409 e. The minimum absolute atomic E-state index is 0.112. The Labute approximate surface area is 106 Å². The van der Waals surface area contributed by atoms with Crippen LogP contribution < -0.4 is 5.73 Å². The lowest BCUT2D eigenvalue weighted by Crippen LogP contribution is -2.24. The molecule has 3 N–H and O–H groups in total. The molecule has 5 heteroatoms. The van der Waals surface area contributed by atoms with Crippen LogP contribution in [0.25, 0.3) is 0 Å². The van der Waals surface area contributed by atoms with Crippen LogP contribution in [0.2, 0.25) is 0 Å². The molecule has 2 rings (SSSR count). The SMILES string of the molecule is N/C(=N/O)c1ccccc1COC1CCOCC1. The predicted octanol–water partition coefficient (Wildman–Crippen LogP) is 1.48. The fourth-order valence-corrected chi connectivity index (χ4v) is 2.00. The van der Waals surface area contributed by atoms with E-state index in [-0.39, 0.29) is 11.9 Å². The van der Waals surface area contributed by atoms with E-state index in [4.69, 9.17) is 20.4 Å². The van der Waals surface area contributed by atoms with Gasteiger partial charge >= 0.3 is 0 Å². The first-order chi connectivity index (χ1) is 8.81. The highest BCUT2D eigenvalue weighted by atomic mass is 16.5. The molecular weight excluding hydrogens is 232 g/mol. The molecule has 0 aromatic heterocycles. The lowest BCUT2D eigenvalue weighted by Gasteiger charge is -2.22. The van der Waals surface area contributed by atoms with E-state index in [1.807, 2.05) is 24.3 Å². The maximum atomic E-state index is 8.74. The summed E-state index contributed by atoms with van der Waals surface area (Å²) < 4.78 is 11.1. The van der Waals surface area contributed by atoms with Crippen molar-refractivity contribution >= 4 is 5.84 Å². The molecule has 1 aromatic carbocycles. The molecule has 0 spiro atoms. The number of benzene rings is 1. The van der Waals surface area contributed by atoms with E-state index < -0.39 is 0 Å². The van der Waals surface area contributed by atoms with Crippen molar-refractivity contribution in [3.63, 3.8) is 0 Å². The number of nitrogens with two attached hydrogens (primary N) is 1. The second kappa shape index (κ2) is 6.37. The molecule has 0 unspecified atom stereocenters. The van der Waals surface area contributed by atoms with Crippen LogP contribution in [0.5, 0.6) is 0 Å². The van der Waals surface area contributed by atoms with E-state index in [9.17, 15) is 0 Å². The van der Waals surface area contributed by atoms with Crippen molar-refractivity contribution in [3.8, 4) is 0 Å². The molecule has 0 amide bonds. The van der Waals surface area contributed by atoms with E-state index in [2.05, 4.69) is 5.16 Å². The average Bonchev–Trinajstić information content (AvgIpc) is 2.45. The van der Waals surface area contributed by atoms with Gasteiger partial charge in [-0.1, -0.05) is 29.4 Å². The van der Waals surface area contributed by atoms with E-state index in [1.165, 1.54) is 0 Å². The van der Waals surface area contributed by atoms with Gasteiger partial charge in [0.25, 0.3) is 0 Å². The minimum atomic E-state index is 0.112. The Morgan fingerprint density at radius 3 is 2.83 bits per heavy atom. The predicted molar refractivity (Wildman–Crippen MR) is 67.6 cm³/mol. The summed E-state index contributed by atoms with van der Waals surface area (Å²) in [7, 11) is 0.